The first-order valence-electron chi connectivity index (χ1n) is 0.589. The molecule has 4 heavy (non-hydrogen) atoms. The molecule has 0 saturated carbocycles. The fourth-order valence-electron chi connectivity index (χ4n) is 0. The van der Waals surface area contributed by atoms with Gasteiger partial charge in [0.2, 0.25) is 0 Å². The molecule has 0 aliphatic rings. The first-order chi connectivity index (χ1) is 1.73. The highest BCUT2D eigenvalue weighted by atomic mass is 31.0. The third-order valence-electron chi connectivity index (χ3n) is 0. The molecule has 0 aromatic rings. The molecule has 4 heteroatoms. The van der Waals surface area contributed by atoms with Crippen molar-refractivity contribution < 1.29 is 4.69 Å². The molecule has 0 bridgehead atoms. The molecule has 3 nitrogen and oxygen atoms in total. The van der Waals surface area contributed by atoms with Crippen LogP contribution in [0.15, 0.2) is 0 Å². The lowest BCUT2D eigenvalue weighted by atomic mass is 13.4. The summed E-state index contributed by atoms with van der Waals surface area (Å²) in [7, 11) is 2.03. The molecule has 24 valence electrons. The Morgan fingerprint density at radius 3 is 2.00 bits per heavy atom. The smallest absolute Gasteiger partial charge is 0.124 e. The van der Waals surface area contributed by atoms with E-state index in [1.165, 1.54) is 0 Å². The van der Waals surface area contributed by atoms with E-state index in [1.54, 1.807) is 0 Å². The zero-order valence-electron chi connectivity index (χ0n) is 1.76. The van der Waals surface area contributed by atoms with Crippen LogP contribution in [0.4, 0.5) is 0 Å². The molecule has 0 heterocycles. The summed E-state index contributed by atoms with van der Waals surface area (Å²) in [5.41, 5.74) is 0. The molecule has 0 spiro atoms. The van der Waals surface area contributed by atoms with Crippen LogP contribution < -0.4 is 0 Å². The molecule has 0 radical (unpaired) electrons. The number of nitro groups is 1. The van der Waals surface area contributed by atoms with Crippen LogP contribution in [0.25, 0.3) is 0 Å². The second-order valence-corrected chi connectivity index (χ2v) is 0.622. The Bertz CT molecular complexity index is 29.0. The van der Waals surface area contributed by atoms with Crippen LogP contribution in [0, 0.1) is 10.1 Å². The van der Waals surface area contributed by atoms with E-state index in [2.05, 4.69) is 0 Å². The lowest BCUT2D eigenvalue weighted by Crippen LogP contribution is -1.64. The normalized spacial score (nSPS) is 6.25. The monoisotopic (exact) mass is 78.0 g/mol. The van der Waals surface area contributed by atoms with Gasteiger partial charge in [0.1, 0.15) is 0 Å². The number of hydrogen-bond acceptors (Lipinski definition) is 2. The number of nitrogens with zero attached hydrogens (tertiary/aromatic N) is 1. The minimum atomic E-state index is -0.694. The highest BCUT2D eigenvalue weighted by Gasteiger charge is 1.40. The van der Waals surface area contributed by atoms with Gasteiger partial charge < -0.3 is 10.1 Å². The van der Waals surface area contributed by atoms with E-state index in [-0.39, 0.29) is 0 Å². The van der Waals surface area contributed by atoms with Gasteiger partial charge in [-0.1, -0.05) is 0 Å². The van der Waals surface area contributed by atoms with Gasteiger partial charge in [-0.25, -0.2) is 0 Å². The summed E-state index contributed by atoms with van der Waals surface area (Å²) in [4.78, 5) is 8.72. The first kappa shape index (κ1) is 3.83. The maximum absolute atomic E-state index is 8.72. The van der Waals surface area contributed by atoms with Crippen molar-refractivity contribution in [3.8, 4) is 0 Å². The van der Waals surface area contributed by atoms with Gasteiger partial charge in [-0.2, -0.15) is 0 Å². The van der Waals surface area contributed by atoms with Gasteiger partial charge >= 0.3 is 0 Å². The van der Waals surface area contributed by atoms with E-state index in [1.807, 2.05) is 9.39 Å². The van der Waals surface area contributed by atoms with Gasteiger partial charge in [-0.15, -0.1) is 14.1 Å². The van der Waals surface area contributed by atoms with Crippen molar-refractivity contribution in [1.82, 2.24) is 0 Å². The standard InChI is InChI=1S/HNO2P/c2-1(3)4/h4H/q-1. The predicted molar refractivity (Wildman–Crippen MR) is 15.3 cm³/mol. The molecule has 0 aliphatic carbocycles. The second-order valence-electron chi connectivity index (χ2n) is 0.257. The van der Waals surface area contributed by atoms with Gasteiger partial charge in [-0.3, -0.25) is 0 Å². The van der Waals surface area contributed by atoms with Crippen molar-refractivity contribution in [3.63, 3.8) is 0 Å². The molecule has 0 atom stereocenters. The topological polar surface area (TPSA) is 43.1 Å². The van der Waals surface area contributed by atoms with Crippen LogP contribution in [0.2, 0.25) is 0 Å². The minimum absolute atomic E-state index is 0.694. The number of rotatable bonds is 0. The molecule has 0 unspecified atom stereocenters. The molecule has 0 amide bonds. The molecule has 0 aromatic heterocycles. The Balaban J connectivity index is 2.80. The summed E-state index contributed by atoms with van der Waals surface area (Å²) in [5, 5.41) is 8.72. The summed E-state index contributed by atoms with van der Waals surface area (Å²) in [5.74, 6) is 0. The lowest BCUT2D eigenvalue weighted by Gasteiger charge is -1.77. The third kappa shape index (κ3) is 43.6. The van der Waals surface area contributed by atoms with Crippen molar-refractivity contribution in [1.29, 1.82) is 0 Å². The Labute approximate surface area is 25.4 Å². The molecule has 0 N–H and O–H groups in total. The second kappa shape index (κ2) is 1.18. The molecule has 0 fully saturated rings. The summed E-state index contributed by atoms with van der Waals surface area (Å²) >= 11 is 0. The molecule has 0 aliphatic heterocycles. The van der Waals surface area contributed by atoms with Crippen molar-refractivity contribution in [2.45, 2.75) is 0 Å². The zero-order chi connectivity index (χ0) is 3.58. The largest absolute Gasteiger partial charge is 0.303 e. The van der Waals surface area contributed by atoms with Gasteiger partial charge in [0, 0.05) is 0 Å². The van der Waals surface area contributed by atoms with Crippen LogP contribution >= 0.6 is 9.39 Å². The first-order valence-corrected chi connectivity index (χ1v) is 1.04. The highest BCUT2D eigenvalue weighted by molar-refractivity contribution is 7.08. The van der Waals surface area contributed by atoms with Gasteiger partial charge in [0.25, 0.3) is 0 Å². The van der Waals surface area contributed by atoms with E-state index < -0.39 is 4.69 Å². The maximum Gasteiger partial charge on any atom is -0.124 e. The zero-order valence-corrected chi connectivity index (χ0v) is 2.76. The molecule has 0 saturated heterocycles. The van der Waals surface area contributed by atoms with Crippen LogP contribution in [-0.2, 0) is 0 Å². The summed E-state index contributed by atoms with van der Waals surface area (Å²) < 4.78 is -0.694. The van der Waals surface area contributed by atoms with Crippen LogP contribution in [-0.4, -0.2) is 4.69 Å². The minimum Gasteiger partial charge on any atom is -0.303 e. The van der Waals surface area contributed by atoms with Gasteiger partial charge in [-0.05, 0) is 0 Å². The SMILES string of the molecule is O=[N+]([O-])[PH-]. The van der Waals surface area contributed by atoms with Crippen molar-refractivity contribution >= 4 is 9.39 Å². The molecule has 0 rings (SSSR count). The summed E-state index contributed by atoms with van der Waals surface area (Å²) in [6, 6.07) is 0. The molecule has 0 aromatic carbocycles. The van der Waals surface area contributed by atoms with Crippen LogP contribution in [0.1, 0.15) is 0 Å². The van der Waals surface area contributed by atoms with Crippen molar-refractivity contribution in [2.75, 3.05) is 0 Å². The van der Waals surface area contributed by atoms with Crippen molar-refractivity contribution in [3.05, 3.63) is 10.1 Å². The predicted octanol–water partition coefficient (Wildman–Crippen LogP) is 0.321. The average Bonchev–Trinajstić information content (AvgIpc) is 0.811. The van der Waals surface area contributed by atoms with Crippen LogP contribution in [0.3, 0.4) is 0 Å². The lowest BCUT2D eigenvalue weighted by molar-refractivity contribution is -0.288. The Hall–Kier alpha value is -0.170. The van der Waals surface area contributed by atoms with Crippen molar-refractivity contribution in [2.24, 2.45) is 0 Å². The van der Waals surface area contributed by atoms with E-state index in [0.29, 0.717) is 0 Å². The Kier molecular flexibility index (Phi) is 1.13. The molecular formula is HNO2P-. The quantitative estimate of drug-likeness (QED) is 0.238. The fourth-order valence-corrected chi connectivity index (χ4v) is 0. The summed E-state index contributed by atoms with van der Waals surface area (Å²) in [6.07, 6.45) is 0. The Morgan fingerprint density at radius 2 is 2.00 bits per heavy atom. The fraction of sp³-hybridized carbons (Fsp3) is 0. The summed E-state index contributed by atoms with van der Waals surface area (Å²) in [6.45, 7) is 0. The average molecular weight is 78.0 g/mol. The van der Waals surface area contributed by atoms with E-state index in [4.69, 9.17) is 10.1 Å². The van der Waals surface area contributed by atoms with E-state index >= 15 is 0 Å². The maximum atomic E-state index is 8.72. The molecular weight excluding hydrogens is 77.0 g/mol. The Morgan fingerprint density at radius 1 is 2.00 bits per heavy atom. The third-order valence-corrected chi connectivity index (χ3v) is 0. The van der Waals surface area contributed by atoms with Crippen LogP contribution in [0.5, 0.6) is 0 Å². The van der Waals surface area contributed by atoms with Gasteiger partial charge in [0.05, 0.1) is 0 Å². The number of hydrogen-bond donors (Lipinski definition) is 0. The van der Waals surface area contributed by atoms with E-state index in [9.17, 15) is 0 Å². The van der Waals surface area contributed by atoms with Gasteiger partial charge in [0.15, 0.2) is 0 Å². The highest BCUT2D eigenvalue weighted by Crippen LogP contribution is 1.72. The van der Waals surface area contributed by atoms with E-state index in [0.717, 1.165) is 0 Å².